The van der Waals surface area contributed by atoms with Crippen LogP contribution in [-0.4, -0.2) is 68.9 Å². The summed E-state index contributed by atoms with van der Waals surface area (Å²) in [6.07, 6.45) is 3.69. The fraction of sp³-hybridized carbons (Fsp3) is 0.320. The van der Waals surface area contributed by atoms with E-state index in [0.29, 0.717) is 31.9 Å². The fourth-order valence-electron chi connectivity index (χ4n) is 4.42. The number of fused-ring (bicyclic) bond motifs is 1. The molecule has 1 aromatic heterocycles. The average molecular weight is 480 g/mol. The van der Waals surface area contributed by atoms with Gasteiger partial charge in [0.25, 0.3) is 0 Å². The highest BCUT2D eigenvalue weighted by Crippen LogP contribution is 2.21. The number of hydrogen-bond acceptors (Lipinski definition) is 5. The number of aromatic nitrogens is 2. The zero-order valence-electron chi connectivity index (χ0n) is 18.6. The van der Waals surface area contributed by atoms with Crippen LogP contribution in [0.3, 0.4) is 0 Å². The number of benzene rings is 2. The number of amides is 2. The number of nitrogens with one attached hydrogen (secondary N) is 1. The lowest BCUT2D eigenvalue weighted by Crippen LogP contribution is -2.69. The molecule has 0 bridgehead atoms. The molecule has 5 rings (SSSR count). The van der Waals surface area contributed by atoms with E-state index in [1.165, 1.54) is 17.7 Å². The van der Waals surface area contributed by atoms with Gasteiger partial charge in [0.05, 0.1) is 11.9 Å². The van der Waals surface area contributed by atoms with Crippen LogP contribution < -0.4 is 5.32 Å². The van der Waals surface area contributed by atoms with E-state index in [1.54, 1.807) is 39.7 Å². The number of piperazine rings is 2. The average Bonchev–Trinajstić information content (AvgIpc) is 3.32. The molecule has 0 aliphatic carbocycles. The maximum atomic E-state index is 13.2. The molecule has 2 aromatic carbocycles. The minimum atomic E-state index is -0.474. The van der Waals surface area contributed by atoms with Crippen molar-refractivity contribution in [2.24, 2.45) is 0 Å². The molecule has 2 aliphatic rings. The van der Waals surface area contributed by atoms with E-state index in [2.05, 4.69) is 27.4 Å². The Morgan fingerprint density at radius 3 is 2.62 bits per heavy atom. The molecule has 9 heteroatoms. The molecule has 176 valence electrons. The quantitative estimate of drug-likeness (QED) is 0.564. The van der Waals surface area contributed by atoms with E-state index in [0.717, 1.165) is 17.0 Å². The van der Waals surface area contributed by atoms with Crippen LogP contribution in [0.1, 0.15) is 11.1 Å². The molecule has 3 aromatic rings. The Morgan fingerprint density at radius 1 is 1.03 bits per heavy atom. The molecule has 2 amide bonds. The third-order valence-electron chi connectivity index (χ3n) is 6.19. The van der Waals surface area contributed by atoms with E-state index in [1.807, 2.05) is 24.4 Å². The van der Waals surface area contributed by atoms with Crippen LogP contribution in [0.25, 0.3) is 5.69 Å². The van der Waals surface area contributed by atoms with Crippen molar-refractivity contribution in [1.29, 1.82) is 0 Å². The van der Waals surface area contributed by atoms with Gasteiger partial charge in [-0.15, -0.1) is 0 Å². The van der Waals surface area contributed by atoms with Crippen LogP contribution in [0.5, 0.6) is 0 Å². The van der Waals surface area contributed by atoms with Crippen molar-refractivity contribution in [1.82, 2.24) is 24.9 Å². The molecule has 0 saturated carbocycles. The van der Waals surface area contributed by atoms with E-state index >= 15 is 0 Å². The molecule has 0 radical (unpaired) electrons. The van der Waals surface area contributed by atoms with Crippen molar-refractivity contribution in [3.63, 3.8) is 0 Å². The zero-order valence-corrected chi connectivity index (χ0v) is 19.5. The van der Waals surface area contributed by atoms with Gasteiger partial charge in [-0.3, -0.25) is 14.5 Å². The lowest BCUT2D eigenvalue weighted by molar-refractivity contribution is -0.152. The summed E-state index contributed by atoms with van der Waals surface area (Å²) < 4.78 is 14.9. The molecule has 2 atom stereocenters. The van der Waals surface area contributed by atoms with Crippen molar-refractivity contribution < 1.29 is 14.0 Å². The number of carbonyl (C=O) groups excluding carboxylic acids is 2. The van der Waals surface area contributed by atoms with Gasteiger partial charge in [-0.2, -0.15) is 16.9 Å². The van der Waals surface area contributed by atoms with Gasteiger partial charge in [0.2, 0.25) is 11.8 Å². The summed E-state index contributed by atoms with van der Waals surface area (Å²) in [5, 5.41) is 7.31. The van der Waals surface area contributed by atoms with Crippen LogP contribution in [-0.2, 0) is 21.9 Å². The Hall–Kier alpha value is -3.17. The molecule has 0 spiro atoms. The highest BCUT2D eigenvalue weighted by molar-refractivity contribution is 7.98. The predicted molar refractivity (Wildman–Crippen MR) is 129 cm³/mol. The van der Waals surface area contributed by atoms with E-state index in [9.17, 15) is 14.0 Å². The van der Waals surface area contributed by atoms with Crippen LogP contribution in [0.15, 0.2) is 67.0 Å². The molecule has 2 saturated heterocycles. The van der Waals surface area contributed by atoms with Crippen molar-refractivity contribution >= 4 is 23.6 Å². The highest BCUT2D eigenvalue weighted by atomic mass is 32.2. The normalized spacial score (nSPS) is 20.8. The first-order valence-electron chi connectivity index (χ1n) is 11.3. The first-order valence-corrected chi connectivity index (χ1v) is 12.5. The Kier molecular flexibility index (Phi) is 6.64. The zero-order chi connectivity index (χ0) is 23.5. The largest absolute Gasteiger partial charge is 0.342 e. The smallest absolute Gasteiger partial charge is 0.246 e. The maximum absolute atomic E-state index is 13.2. The molecule has 3 heterocycles. The summed E-state index contributed by atoms with van der Waals surface area (Å²) in [4.78, 5) is 29.8. The molecular formula is C25H26FN5O2S. The molecular weight excluding hydrogens is 453 g/mol. The Bertz CT molecular complexity index is 1150. The first-order chi connectivity index (χ1) is 16.6. The first kappa shape index (κ1) is 22.6. The number of carbonyl (C=O) groups is 2. The molecule has 7 nitrogen and oxygen atoms in total. The third-order valence-corrected chi connectivity index (χ3v) is 7.30. The van der Waals surface area contributed by atoms with Gasteiger partial charge in [0.1, 0.15) is 17.9 Å². The van der Waals surface area contributed by atoms with Crippen LogP contribution >= 0.6 is 11.8 Å². The topological polar surface area (TPSA) is 70.5 Å². The monoisotopic (exact) mass is 479 g/mol. The number of hydrogen-bond donors (Lipinski definition) is 1. The molecule has 1 N–H and O–H groups in total. The van der Waals surface area contributed by atoms with E-state index in [4.69, 9.17) is 0 Å². The van der Waals surface area contributed by atoms with E-state index < -0.39 is 12.1 Å². The standard InChI is InChI=1S/C25H26FN5O2S/c26-20-6-8-21(9-7-20)31-14-19(12-27-31)13-29-10-11-30-23(15-29)24(32)28-22(25(30)33)17-34-16-18-4-2-1-3-5-18/h1-9,12,14,22-23H,10-11,13,15-17H2,(H,28,32)/t22-,23+/m0/s1. The summed E-state index contributed by atoms with van der Waals surface area (Å²) in [7, 11) is 0. The summed E-state index contributed by atoms with van der Waals surface area (Å²) in [5.74, 6) is 1.01. The van der Waals surface area contributed by atoms with Gasteiger partial charge in [-0.05, 0) is 29.8 Å². The van der Waals surface area contributed by atoms with Crippen molar-refractivity contribution in [2.75, 3.05) is 25.4 Å². The number of halogens is 1. The summed E-state index contributed by atoms with van der Waals surface area (Å²) in [6, 6.07) is 15.3. The Balaban J connectivity index is 1.16. The molecule has 2 fully saturated rings. The Labute approximate surface area is 201 Å². The summed E-state index contributed by atoms with van der Waals surface area (Å²) in [6.45, 7) is 2.34. The number of thioether (sulfide) groups is 1. The molecule has 2 aliphatic heterocycles. The number of nitrogens with zero attached hydrogens (tertiary/aromatic N) is 4. The molecule has 0 unspecified atom stereocenters. The third kappa shape index (κ3) is 5.00. The second-order valence-electron chi connectivity index (χ2n) is 8.61. The van der Waals surface area contributed by atoms with Crippen molar-refractivity contribution in [3.8, 4) is 5.69 Å². The van der Waals surface area contributed by atoms with Gasteiger partial charge in [-0.1, -0.05) is 30.3 Å². The Morgan fingerprint density at radius 2 is 1.82 bits per heavy atom. The summed E-state index contributed by atoms with van der Waals surface area (Å²) in [5.41, 5.74) is 2.98. The summed E-state index contributed by atoms with van der Waals surface area (Å²) >= 11 is 1.66. The van der Waals surface area contributed by atoms with Gasteiger partial charge in [-0.25, -0.2) is 9.07 Å². The second kappa shape index (κ2) is 9.99. The highest BCUT2D eigenvalue weighted by Gasteiger charge is 2.43. The maximum Gasteiger partial charge on any atom is 0.246 e. The fourth-order valence-corrected chi connectivity index (χ4v) is 5.43. The molecule has 34 heavy (non-hydrogen) atoms. The van der Waals surface area contributed by atoms with Gasteiger partial charge in [0.15, 0.2) is 0 Å². The lowest BCUT2D eigenvalue weighted by Gasteiger charge is -2.45. The van der Waals surface area contributed by atoms with Gasteiger partial charge in [0, 0.05) is 49.4 Å². The second-order valence-corrected chi connectivity index (χ2v) is 9.64. The SMILES string of the molecule is O=C1N[C@@H](CSCc2ccccc2)C(=O)N2CCN(Cc3cnn(-c4ccc(F)cc4)c3)C[C@H]12. The predicted octanol–water partition coefficient (Wildman–Crippen LogP) is 2.46. The van der Waals surface area contributed by atoms with Crippen LogP contribution in [0, 0.1) is 5.82 Å². The van der Waals surface area contributed by atoms with Gasteiger partial charge < -0.3 is 10.2 Å². The van der Waals surface area contributed by atoms with Gasteiger partial charge >= 0.3 is 0 Å². The number of rotatable bonds is 7. The minimum absolute atomic E-state index is 0.00828. The van der Waals surface area contributed by atoms with E-state index in [-0.39, 0.29) is 17.6 Å². The van der Waals surface area contributed by atoms with Crippen LogP contribution in [0.2, 0.25) is 0 Å². The van der Waals surface area contributed by atoms with Crippen molar-refractivity contribution in [2.45, 2.75) is 24.4 Å². The minimum Gasteiger partial charge on any atom is -0.342 e. The van der Waals surface area contributed by atoms with Crippen molar-refractivity contribution in [3.05, 3.63) is 83.9 Å². The van der Waals surface area contributed by atoms with Crippen LogP contribution in [0.4, 0.5) is 4.39 Å². The lowest BCUT2D eigenvalue weighted by atomic mass is 10.0.